The number of aliphatic hydroxyl groups is 3. The van der Waals surface area contributed by atoms with Crippen molar-refractivity contribution in [3.8, 4) is 0 Å². The highest BCUT2D eigenvalue weighted by molar-refractivity contribution is 5.39. The highest BCUT2D eigenvalue weighted by atomic mass is 16.3. The molecule has 1 aromatic rings. The predicted octanol–water partition coefficient (Wildman–Crippen LogP) is 6.05. The third kappa shape index (κ3) is 4.61. The Morgan fingerprint density at radius 1 is 1.11 bits per heavy atom. The van der Waals surface area contributed by atoms with Gasteiger partial charge in [0.25, 0.3) is 0 Å². The van der Waals surface area contributed by atoms with Crippen LogP contribution in [0.3, 0.4) is 0 Å². The first-order chi connectivity index (χ1) is 17.1. The summed E-state index contributed by atoms with van der Waals surface area (Å²) in [7, 11) is 0. The molecule has 7 atom stereocenters. The summed E-state index contributed by atoms with van der Waals surface area (Å²) in [5.74, 6) is 1.62. The van der Waals surface area contributed by atoms with Crippen LogP contribution in [-0.2, 0) is 5.41 Å². The molecule has 4 aliphatic rings. The van der Waals surface area contributed by atoms with Gasteiger partial charge in [0.05, 0.1) is 18.3 Å². The lowest BCUT2D eigenvalue weighted by Gasteiger charge is -2.44. The maximum absolute atomic E-state index is 11.1. The van der Waals surface area contributed by atoms with Crippen molar-refractivity contribution in [2.75, 3.05) is 0 Å². The fourth-order valence-corrected chi connectivity index (χ4v) is 7.86. The van der Waals surface area contributed by atoms with Crippen molar-refractivity contribution in [3.63, 3.8) is 0 Å². The molecule has 0 spiro atoms. The number of aliphatic hydroxyl groups excluding tert-OH is 3. The molecule has 4 nitrogen and oxygen atoms in total. The lowest BCUT2D eigenvalue weighted by Crippen LogP contribution is -2.35. The molecule has 4 heteroatoms. The van der Waals surface area contributed by atoms with Crippen LogP contribution in [0.2, 0.25) is 0 Å². The van der Waals surface area contributed by atoms with E-state index in [9.17, 15) is 15.3 Å². The summed E-state index contributed by atoms with van der Waals surface area (Å²) in [4.78, 5) is 3.46. The van der Waals surface area contributed by atoms with Crippen molar-refractivity contribution < 1.29 is 15.3 Å². The molecule has 0 unspecified atom stereocenters. The molecule has 36 heavy (non-hydrogen) atoms. The fraction of sp³-hybridized carbons (Fsp3) is 0.625. The quantitative estimate of drug-likeness (QED) is 0.366. The van der Waals surface area contributed by atoms with Gasteiger partial charge < -0.3 is 20.3 Å². The van der Waals surface area contributed by atoms with Crippen LogP contribution in [0, 0.1) is 30.1 Å². The number of hydrogen-bond acceptors (Lipinski definition) is 3. The molecular weight excluding hydrogens is 446 g/mol. The summed E-state index contributed by atoms with van der Waals surface area (Å²) >= 11 is 0. The molecule has 4 N–H and O–H groups in total. The summed E-state index contributed by atoms with van der Waals surface area (Å²) in [5, 5.41) is 31.4. The average Bonchev–Trinajstić information content (AvgIpc) is 3.41. The Morgan fingerprint density at radius 2 is 1.89 bits per heavy atom. The number of hydrogen-bond donors (Lipinski definition) is 4. The second-order valence-corrected chi connectivity index (χ2v) is 12.6. The van der Waals surface area contributed by atoms with Crippen LogP contribution in [0.5, 0.6) is 0 Å². The van der Waals surface area contributed by atoms with Crippen molar-refractivity contribution in [2.24, 2.45) is 23.2 Å². The van der Waals surface area contributed by atoms with Gasteiger partial charge in [0.15, 0.2) is 0 Å². The van der Waals surface area contributed by atoms with Gasteiger partial charge in [0.1, 0.15) is 0 Å². The molecule has 196 valence electrons. The molecule has 1 aromatic heterocycles. The van der Waals surface area contributed by atoms with Crippen LogP contribution in [0.4, 0.5) is 0 Å². The number of rotatable bonds is 6. The molecule has 4 saturated carbocycles. The lowest BCUT2D eigenvalue weighted by atomic mass is 9.61. The Bertz CT molecular complexity index is 1070. The average molecular weight is 492 g/mol. The van der Waals surface area contributed by atoms with Gasteiger partial charge in [-0.15, -0.1) is 0 Å². The van der Waals surface area contributed by atoms with E-state index in [1.165, 1.54) is 37.0 Å². The number of allylic oxidation sites excluding steroid dienone is 4. The molecule has 4 aliphatic carbocycles. The topological polar surface area (TPSA) is 76.5 Å². The van der Waals surface area contributed by atoms with Gasteiger partial charge in [-0.3, -0.25) is 0 Å². The van der Waals surface area contributed by atoms with E-state index >= 15 is 0 Å². The second kappa shape index (κ2) is 9.78. The van der Waals surface area contributed by atoms with E-state index in [2.05, 4.69) is 68.8 Å². The minimum atomic E-state index is -0.635. The Morgan fingerprint density at radius 3 is 2.58 bits per heavy atom. The molecule has 0 bridgehead atoms. The van der Waals surface area contributed by atoms with E-state index < -0.39 is 18.3 Å². The van der Waals surface area contributed by atoms with E-state index in [0.29, 0.717) is 30.6 Å². The molecule has 0 aromatic carbocycles. The first kappa shape index (κ1) is 25.8. The van der Waals surface area contributed by atoms with Crippen LogP contribution < -0.4 is 0 Å². The molecule has 0 saturated heterocycles. The zero-order chi connectivity index (χ0) is 25.7. The summed E-state index contributed by atoms with van der Waals surface area (Å²) in [5.41, 5.74) is 5.76. The molecule has 4 fully saturated rings. The van der Waals surface area contributed by atoms with Crippen molar-refractivity contribution >= 4 is 0 Å². The monoisotopic (exact) mass is 491 g/mol. The normalized spacial score (nSPS) is 38.0. The van der Waals surface area contributed by atoms with Crippen molar-refractivity contribution in [2.45, 2.75) is 102 Å². The maximum Gasteiger partial charge on any atom is 0.0831 e. The minimum Gasteiger partial charge on any atom is -0.393 e. The van der Waals surface area contributed by atoms with Gasteiger partial charge in [0, 0.05) is 23.2 Å². The first-order valence-electron chi connectivity index (χ1n) is 14.1. The maximum atomic E-state index is 11.1. The predicted molar refractivity (Wildman–Crippen MR) is 145 cm³/mol. The Hall–Kier alpha value is -1.88. The lowest BCUT2D eigenvalue weighted by molar-refractivity contribution is 0.0862. The van der Waals surface area contributed by atoms with Crippen LogP contribution in [0.15, 0.2) is 59.7 Å². The Balaban J connectivity index is 1.29. The van der Waals surface area contributed by atoms with Crippen molar-refractivity contribution in [1.82, 2.24) is 4.98 Å². The van der Waals surface area contributed by atoms with E-state index in [-0.39, 0.29) is 10.8 Å². The van der Waals surface area contributed by atoms with Gasteiger partial charge in [-0.1, -0.05) is 50.3 Å². The van der Waals surface area contributed by atoms with Gasteiger partial charge in [-0.25, -0.2) is 0 Å². The highest BCUT2D eigenvalue weighted by Gasteiger charge is 2.52. The number of aromatic amines is 1. The SMILES string of the molecule is C=C1C(=CC=C2CCC[C@]3(C)[C@@H]([C@H](C)C=C[C@H](O)C4(c5ccc(C)[nH]5)CC4)CC[C@@H]23)C[C@@H](O)C[C@@H]1O. The number of fused-ring (bicyclic) bond motifs is 1. The zero-order valence-electron chi connectivity index (χ0n) is 22.3. The zero-order valence-corrected chi connectivity index (χ0v) is 22.3. The smallest absolute Gasteiger partial charge is 0.0831 e. The van der Waals surface area contributed by atoms with Gasteiger partial charge in [0.2, 0.25) is 0 Å². The molecule has 1 heterocycles. The second-order valence-electron chi connectivity index (χ2n) is 12.6. The number of nitrogens with one attached hydrogen (secondary N) is 1. The Labute approximate surface area is 216 Å². The summed E-state index contributed by atoms with van der Waals surface area (Å²) < 4.78 is 0. The van der Waals surface area contributed by atoms with Crippen LogP contribution in [0.25, 0.3) is 0 Å². The molecule has 0 amide bonds. The summed E-state index contributed by atoms with van der Waals surface area (Å²) in [6, 6.07) is 4.24. The van der Waals surface area contributed by atoms with Gasteiger partial charge >= 0.3 is 0 Å². The number of H-pyrrole nitrogens is 1. The van der Waals surface area contributed by atoms with Crippen molar-refractivity contribution in [3.05, 3.63) is 71.1 Å². The van der Waals surface area contributed by atoms with Crippen molar-refractivity contribution in [1.29, 1.82) is 0 Å². The van der Waals surface area contributed by atoms with Gasteiger partial charge in [-0.2, -0.15) is 0 Å². The summed E-state index contributed by atoms with van der Waals surface area (Å²) in [6.45, 7) is 11.0. The highest BCUT2D eigenvalue weighted by Crippen LogP contribution is 2.59. The van der Waals surface area contributed by atoms with Crippen LogP contribution in [-0.4, -0.2) is 38.6 Å². The fourth-order valence-electron chi connectivity index (χ4n) is 7.86. The molecule has 0 aliphatic heterocycles. The minimum absolute atomic E-state index is 0.120. The molecule has 5 rings (SSSR count). The molecule has 0 radical (unpaired) electrons. The summed E-state index contributed by atoms with van der Waals surface area (Å²) in [6.07, 6.45) is 16.3. The van der Waals surface area contributed by atoms with E-state index in [1.807, 2.05) is 0 Å². The first-order valence-corrected chi connectivity index (χ1v) is 14.1. The third-order valence-electron chi connectivity index (χ3n) is 10.3. The van der Waals surface area contributed by atoms with Crippen LogP contribution in [0.1, 0.15) is 83.0 Å². The number of aryl methyl sites for hydroxylation is 1. The van der Waals surface area contributed by atoms with Gasteiger partial charge in [-0.05, 0) is 105 Å². The number of aromatic nitrogens is 1. The van der Waals surface area contributed by atoms with E-state index in [0.717, 1.165) is 36.1 Å². The van der Waals surface area contributed by atoms with Crippen LogP contribution >= 0.6 is 0 Å². The largest absolute Gasteiger partial charge is 0.393 e. The van der Waals surface area contributed by atoms with E-state index in [4.69, 9.17) is 0 Å². The standard InChI is InChI=1S/C32H45NO3/c1-20(7-14-30(36)32(16-17-32)29-13-8-21(2)33-29)26-11-12-27-23(6-5-15-31(26,27)4)9-10-24-18-25(34)19-28(35)22(24)3/h7-10,13-14,20,25-28,30,33-36H,3,5-6,11-12,15-19H2,1-2,4H3/t20-,25-,26-,27+,28+,30+,31-/m1/s1. The Kier molecular flexibility index (Phi) is 6.99. The van der Waals surface area contributed by atoms with E-state index in [1.54, 1.807) is 0 Å². The molecular formula is C32H45NO3. The third-order valence-corrected chi connectivity index (χ3v) is 10.3.